The smallest absolute Gasteiger partial charge is 0.343 e. The molecule has 0 heterocycles. The second-order valence-corrected chi connectivity index (χ2v) is 9.35. The van der Waals surface area contributed by atoms with E-state index in [0.29, 0.717) is 59.4 Å². The number of amides is 2. The molecule has 0 saturated heterocycles. The topological polar surface area (TPSA) is 125 Å². The Morgan fingerprint density at radius 2 is 1.64 bits per heavy atom. The van der Waals surface area contributed by atoms with E-state index < -0.39 is 5.97 Å². The summed E-state index contributed by atoms with van der Waals surface area (Å²) in [5, 5.41) is 7.25. The lowest BCUT2D eigenvalue weighted by molar-refractivity contribution is -0.121. The molecule has 0 bridgehead atoms. The Labute approximate surface area is 249 Å². The summed E-state index contributed by atoms with van der Waals surface area (Å²) >= 11 is 6.03. The predicted octanol–water partition coefficient (Wildman–Crippen LogP) is 5.42. The largest absolute Gasteiger partial charge is 0.493 e. The molecule has 2 amide bonds. The third-order valence-electron chi connectivity index (χ3n) is 5.98. The molecular formula is C31H34ClN3O7. The molecule has 0 unspecified atom stereocenters. The highest BCUT2D eigenvalue weighted by Crippen LogP contribution is 2.31. The van der Waals surface area contributed by atoms with Gasteiger partial charge in [0, 0.05) is 13.0 Å². The molecule has 222 valence electrons. The lowest BCUT2D eigenvalue weighted by Crippen LogP contribution is -2.24. The molecule has 0 aliphatic carbocycles. The fourth-order valence-electron chi connectivity index (χ4n) is 3.84. The number of rotatable bonds is 15. The normalized spacial score (nSPS) is 10.7. The summed E-state index contributed by atoms with van der Waals surface area (Å²) in [6, 6.07) is 16.5. The SMILES string of the molecule is CCOc1cc(C=NNC(=O)CCCCCNC(=O)c2ccccc2Cl)ccc1OC(=O)c1ccc(OC)c(OC)c1. The molecule has 3 aromatic rings. The number of benzene rings is 3. The van der Waals surface area contributed by atoms with Crippen LogP contribution in [0.2, 0.25) is 5.02 Å². The van der Waals surface area contributed by atoms with Crippen molar-refractivity contribution in [3.05, 3.63) is 82.4 Å². The Hall–Kier alpha value is -4.57. The molecule has 2 N–H and O–H groups in total. The van der Waals surface area contributed by atoms with Crippen molar-refractivity contribution in [2.75, 3.05) is 27.4 Å². The van der Waals surface area contributed by atoms with E-state index in [1.165, 1.54) is 26.5 Å². The maximum atomic E-state index is 12.7. The lowest BCUT2D eigenvalue weighted by atomic mass is 10.1. The summed E-state index contributed by atoms with van der Waals surface area (Å²) in [7, 11) is 2.99. The first-order valence-corrected chi connectivity index (χ1v) is 13.8. The molecular weight excluding hydrogens is 562 g/mol. The average molecular weight is 596 g/mol. The Kier molecular flexibility index (Phi) is 12.7. The van der Waals surface area contributed by atoms with Crippen molar-refractivity contribution < 1.29 is 33.3 Å². The minimum Gasteiger partial charge on any atom is -0.493 e. The number of nitrogens with zero attached hydrogens (tertiary/aromatic N) is 1. The van der Waals surface area contributed by atoms with Gasteiger partial charge in [-0.2, -0.15) is 5.10 Å². The highest BCUT2D eigenvalue weighted by molar-refractivity contribution is 6.33. The standard InChI is InChI=1S/C31H34ClN3O7/c1-4-41-28-18-21(13-15-26(28)42-31(38)22-14-16-25(39-2)27(19-22)40-3)20-34-35-29(36)12-6-5-9-17-33-30(37)23-10-7-8-11-24(23)32/h7-8,10-11,13-16,18-20H,4-6,9,12,17H2,1-3H3,(H,33,37)(H,35,36). The van der Waals surface area contributed by atoms with Crippen LogP contribution in [0, 0.1) is 0 Å². The van der Waals surface area contributed by atoms with Crippen LogP contribution in [0.5, 0.6) is 23.0 Å². The Bertz CT molecular complexity index is 1410. The van der Waals surface area contributed by atoms with Crippen molar-refractivity contribution in [2.24, 2.45) is 5.10 Å². The summed E-state index contributed by atoms with van der Waals surface area (Å²) in [4.78, 5) is 37.1. The van der Waals surface area contributed by atoms with Gasteiger partial charge in [0.25, 0.3) is 5.91 Å². The van der Waals surface area contributed by atoms with Crippen molar-refractivity contribution in [3.63, 3.8) is 0 Å². The minimum atomic E-state index is -0.589. The van der Waals surface area contributed by atoms with E-state index in [1.54, 1.807) is 54.6 Å². The van der Waals surface area contributed by atoms with E-state index in [0.717, 1.165) is 12.8 Å². The zero-order valence-electron chi connectivity index (χ0n) is 23.8. The van der Waals surface area contributed by atoms with Gasteiger partial charge in [0.05, 0.1) is 43.2 Å². The zero-order chi connectivity index (χ0) is 30.3. The fraction of sp³-hybridized carbons (Fsp3) is 0.290. The summed E-state index contributed by atoms with van der Waals surface area (Å²) in [6.07, 6.45) is 3.92. The number of hydrogen-bond acceptors (Lipinski definition) is 8. The molecule has 0 atom stereocenters. The van der Waals surface area contributed by atoms with Gasteiger partial charge in [0.2, 0.25) is 5.91 Å². The van der Waals surface area contributed by atoms with Crippen molar-refractivity contribution >= 4 is 35.6 Å². The van der Waals surface area contributed by atoms with Crippen LogP contribution in [-0.2, 0) is 4.79 Å². The second kappa shape index (κ2) is 16.6. The first-order chi connectivity index (χ1) is 20.4. The van der Waals surface area contributed by atoms with Crippen LogP contribution in [0.1, 0.15) is 58.9 Å². The molecule has 3 aromatic carbocycles. The van der Waals surface area contributed by atoms with Gasteiger partial charge in [0.15, 0.2) is 23.0 Å². The summed E-state index contributed by atoms with van der Waals surface area (Å²) < 4.78 is 21.7. The van der Waals surface area contributed by atoms with Crippen molar-refractivity contribution in [3.8, 4) is 23.0 Å². The summed E-state index contributed by atoms with van der Waals surface area (Å²) in [5.74, 6) is 0.456. The van der Waals surface area contributed by atoms with E-state index in [1.807, 2.05) is 6.92 Å². The van der Waals surface area contributed by atoms with Crippen molar-refractivity contribution in [1.82, 2.24) is 10.7 Å². The van der Waals surface area contributed by atoms with Gasteiger partial charge in [0.1, 0.15) is 0 Å². The Morgan fingerprint density at radius 3 is 2.38 bits per heavy atom. The lowest BCUT2D eigenvalue weighted by Gasteiger charge is -2.12. The molecule has 11 heteroatoms. The molecule has 0 fully saturated rings. The molecule has 42 heavy (non-hydrogen) atoms. The number of unbranched alkanes of at least 4 members (excludes halogenated alkanes) is 2. The number of ether oxygens (including phenoxy) is 4. The fourth-order valence-corrected chi connectivity index (χ4v) is 4.07. The van der Waals surface area contributed by atoms with Gasteiger partial charge < -0.3 is 24.3 Å². The van der Waals surface area contributed by atoms with Crippen LogP contribution < -0.4 is 29.7 Å². The van der Waals surface area contributed by atoms with E-state index in [-0.39, 0.29) is 23.1 Å². The predicted molar refractivity (Wildman–Crippen MR) is 160 cm³/mol. The van der Waals surface area contributed by atoms with Gasteiger partial charge in [-0.05, 0) is 73.9 Å². The van der Waals surface area contributed by atoms with E-state index >= 15 is 0 Å². The highest BCUT2D eigenvalue weighted by atomic mass is 35.5. The first-order valence-electron chi connectivity index (χ1n) is 13.4. The Balaban J connectivity index is 1.44. The first kappa shape index (κ1) is 32.0. The molecule has 3 rings (SSSR count). The summed E-state index contributed by atoms with van der Waals surface area (Å²) in [5.41, 5.74) is 3.87. The third kappa shape index (κ3) is 9.52. The molecule has 0 spiro atoms. The van der Waals surface area contributed by atoms with Gasteiger partial charge in [-0.3, -0.25) is 9.59 Å². The van der Waals surface area contributed by atoms with E-state index in [9.17, 15) is 14.4 Å². The maximum absolute atomic E-state index is 12.7. The third-order valence-corrected chi connectivity index (χ3v) is 6.31. The van der Waals surface area contributed by atoms with Gasteiger partial charge >= 0.3 is 5.97 Å². The molecule has 0 aromatic heterocycles. The number of hydrogen-bond donors (Lipinski definition) is 2. The number of esters is 1. The van der Waals surface area contributed by atoms with Crippen LogP contribution in [0.15, 0.2) is 65.8 Å². The monoisotopic (exact) mass is 595 g/mol. The van der Waals surface area contributed by atoms with E-state index in [4.69, 9.17) is 30.5 Å². The number of carbonyl (C=O) groups is 3. The molecule has 10 nitrogen and oxygen atoms in total. The number of hydrazone groups is 1. The van der Waals surface area contributed by atoms with Gasteiger partial charge in [-0.1, -0.05) is 30.2 Å². The van der Waals surface area contributed by atoms with Gasteiger partial charge in [-0.15, -0.1) is 0 Å². The Morgan fingerprint density at radius 1 is 0.881 bits per heavy atom. The van der Waals surface area contributed by atoms with Crippen molar-refractivity contribution in [1.29, 1.82) is 0 Å². The molecule has 0 aliphatic rings. The molecule has 0 aliphatic heterocycles. The van der Waals surface area contributed by atoms with Crippen LogP contribution in [0.3, 0.4) is 0 Å². The van der Waals surface area contributed by atoms with Crippen LogP contribution in [-0.4, -0.2) is 51.4 Å². The number of nitrogens with one attached hydrogen (secondary N) is 2. The molecule has 0 saturated carbocycles. The minimum absolute atomic E-state index is 0.218. The molecule has 0 radical (unpaired) electrons. The second-order valence-electron chi connectivity index (χ2n) is 8.94. The number of halogens is 1. The van der Waals surface area contributed by atoms with Gasteiger partial charge in [-0.25, -0.2) is 10.2 Å². The number of methoxy groups -OCH3 is 2. The van der Waals surface area contributed by atoms with E-state index in [2.05, 4.69) is 15.8 Å². The zero-order valence-corrected chi connectivity index (χ0v) is 24.5. The maximum Gasteiger partial charge on any atom is 0.343 e. The average Bonchev–Trinajstić information content (AvgIpc) is 2.99. The van der Waals surface area contributed by atoms with Crippen molar-refractivity contribution in [2.45, 2.75) is 32.6 Å². The number of carbonyl (C=O) groups excluding carboxylic acids is 3. The quantitative estimate of drug-likeness (QED) is 0.0790. The summed E-state index contributed by atoms with van der Waals surface area (Å²) in [6.45, 7) is 2.65. The van der Waals surface area contributed by atoms with Crippen LogP contribution >= 0.6 is 11.6 Å². The highest BCUT2D eigenvalue weighted by Gasteiger charge is 2.16. The van der Waals surface area contributed by atoms with Crippen LogP contribution in [0.25, 0.3) is 0 Å². The van der Waals surface area contributed by atoms with Crippen LogP contribution in [0.4, 0.5) is 0 Å².